The fourth-order valence-electron chi connectivity index (χ4n) is 1.79. The molecule has 1 aliphatic heterocycles. The number of carbonyl (C=O) groups is 1. The molecular weight excluding hydrogens is 226 g/mol. The lowest BCUT2D eigenvalue weighted by molar-refractivity contribution is 0.0262. The zero-order valence-electron chi connectivity index (χ0n) is 9.01. The number of carboxylic acid groups (broad SMARTS) is 1. The molecule has 0 amide bonds. The Morgan fingerprint density at radius 2 is 2.12 bits per heavy atom. The molecule has 0 radical (unpaired) electrons. The molecule has 92 valence electrons. The highest BCUT2D eigenvalue weighted by atomic mass is 16.5. The highest BCUT2D eigenvalue weighted by molar-refractivity contribution is 5.91. The molecule has 1 atom stereocenters. The minimum atomic E-state index is -1.24. The average molecular weight is 239 g/mol. The van der Waals surface area contributed by atoms with Crippen LogP contribution in [0.3, 0.4) is 0 Å². The molecule has 0 spiro atoms. The zero-order chi connectivity index (χ0) is 12.4. The number of hydrogen-bond donors (Lipinski definition) is 4. The lowest BCUT2D eigenvalue weighted by Gasteiger charge is -2.24. The summed E-state index contributed by atoms with van der Waals surface area (Å²) in [6, 6.07) is 2.27. The molecule has 1 saturated heterocycles. The van der Waals surface area contributed by atoms with E-state index in [1.165, 1.54) is 6.07 Å². The summed E-state index contributed by atoms with van der Waals surface area (Å²) in [4.78, 5) is 10.9. The van der Waals surface area contributed by atoms with Crippen LogP contribution in [0.4, 0.5) is 0 Å². The van der Waals surface area contributed by atoms with Gasteiger partial charge in [0, 0.05) is 24.7 Å². The predicted molar refractivity (Wildman–Crippen MR) is 58.3 cm³/mol. The van der Waals surface area contributed by atoms with Crippen molar-refractivity contribution in [2.45, 2.75) is 6.10 Å². The highest BCUT2D eigenvalue weighted by Gasteiger charge is 2.22. The van der Waals surface area contributed by atoms with Crippen LogP contribution < -0.4 is 5.32 Å². The van der Waals surface area contributed by atoms with E-state index in [1.54, 1.807) is 0 Å². The van der Waals surface area contributed by atoms with Crippen LogP contribution in [0.5, 0.6) is 11.5 Å². The molecule has 0 saturated carbocycles. The molecule has 6 heteroatoms. The third-order valence-electron chi connectivity index (χ3n) is 2.65. The van der Waals surface area contributed by atoms with Gasteiger partial charge in [-0.1, -0.05) is 0 Å². The van der Waals surface area contributed by atoms with E-state index in [2.05, 4.69) is 5.32 Å². The van der Waals surface area contributed by atoms with Gasteiger partial charge in [0.15, 0.2) is 0 Å². The van der Waals surface area contributed by atoms with Crippen molar-refractivity contribution in [3.8, 4) is 11.5 Å². The summed E-state index contributed by atoms with van der Waals surface area (Å²) >= 11 is 0. The Labute approximate surface area is 97.5 Å². The van der Waals surface area contributed by atoms with Gasteiger partial charge in [0.05, 0.1) is 12.7 Å². The number of ether oxygens (including phenoxy) is 1. The number of phenols is 2. The monoisotopic (exact) mass is 239 g/mol. The van der Waals surface area contributed by atoms with Crippen LogP contribution in [0.1, 0.15) is 22.0 Å². The van der Waals surface area contributed by atoms with Gasteiger partial charge in [-0.15, -0.1) is 0 Å². The number of aromatic hydroxyl groups is 2. The van der Waals surface area contributed by atoms with Crippen LogP contribution in [-0.2, 0) is 4.74 Å². The Bertz CT molecular complexity index is 440. The third kappa shape index (κ3) is 2.32. The second-order valence-corrected chi connectivity index (χ2v) is 3.80. The van der Waals surface area contributed by atoms with Gasteiger partial charge in [0.1, 0.15) is 17.1 Å². The summed E-state index contributed by atoms with van der Waals surface area (Å²) in [7, 11) is 0. The van der Waals surface area contributed by atoms with Crippen molar-refractivity contribution in [2.24, 2.45) is 0 Å². The van der Waals surface area contributed by atoms with Gasteiger partial charge < -0.3 is 25.4 Å². The van der Waals surface area contributed by atoms with Crippen LogP contribution >= 0.6 is 0 Å². The third-order valence-corrected chi connectivity index (χ3v) is 2.65. The summed E-state index contributed by atoms with van der Waals surface area (Å²) in [6.07, 6.45) is -0.401. The Balaban J connectivity index is 2.38. The summed E-state index contributed by atoms with van der Waals surface area (Å²) in [5.74, 6) is -1.86. The van der Waals surface area contributed by atoms with Crippen LogP contribution in [-0.4, -0.2) is 41.0 Å². The number of morpholine rings is 1. The van der Waals surface area contributed by atoms with Crippen molar-refractivity contribution in [2.75, 3.05) is 19.7 Å². The number of phenolic OH excluding ortho intramolecular Hbond substituents is 1. The van der Waals surface area contributed by atoms with Crippen molar-refractivity contribution in [3.05, 3.63) is 23.3 Å². The second-order valence-electron chi connectivity index (χ2n) is 3.80. The first kappa shape index (κ1) is 11.7. The molecule has 4 N–H and O–H groups in total. The van der Waals surface area contributed by atoms with Gasteiger partial charge in [0.2, 0.25) is 0 Å². The lowest BCUT2D eigenvalue weighted by Crippen LogP contribution is -2.33. The molecule has 1 heterocycles. The quantitative estimate of drug-likeness (QED) is 0.598. The number of rotatable bonds is 2. The summed E-state index contributed by atoms with van der Waals surface area (Å²) in [5, 5.41) is 31.0. The van der Waals surface area contributed by atoms with E-state index in [9.17, 15) is 15.0 Å². The van der Waals surface area contributed by atoms with Crippen molar-refractivity contribution in [3.63, 3.8) is 0 Å². The van der Waals surface area contributed by atoms with Crippen LogP contribution in [0.25, 0.3) is 0 Å². The van der Waals surface area contributed by atoms with Gasteiger partial charge in [-0.2, -0.15) is 0 Å². The molecule has 6 nitrogen and oxygen atoms in total. The van der Waals surface area contributed by atoms with E-state index in [0.717, 1.165) is 12.6 Å². The number of aromatic carboxylic acids is 1. The zero-order valence-corrected chi connectivity index (χ0v) is 9.01. The fraction of sp³-hybridized carbons (Fsp3) is 0.364. The van der Waals surface area contributed by atoms with Gasteiger partial charge in [-0.05, 0) is 6.07 Å². The van der Waals surface area contributed by atoms with Crippen molar-refractivity contribution >= 4 is 5.97 Å². The SMILES string of the molecule is O=C(O)c1cc(C2CNCCO2)c(O)cc1O. The maximum absolute atomic E-state index is 10.9. The smallest absolute Gasteiger partial charge is 0.339 e. The van der Waals surface area contributed by atoms with Gasteiger partial charge in [0.25, 0.3) is 0 Å². The molecule has 1 aliphatic rings. The normalized spacial score (nSPS) is 20.1. The van der Waals surface area contributed by atoms with E-state index in [4.69, 9.17) is 9.84 Å². The molecular formula is C11H13NO5. The Hall–Kier alpha value is -1.79. The lowest BCUT2D eigenvalue weighted by atomic mass is 10.0. The standard InChI is InChI=1S/C11H13NO5/c13-8-4-9(14)7(11(15)16)3-6(8)10-5-12-1-2-17-10/h3-4,10,12-14H,1-2,5H2,(H,15,16). The molecule has 17 heavy (non-hydrogen) atoms. The van der Waals surface area contributed by atoms with E-state index < -0.39 is 17.8 Å². The summed E-state index contributed by atoms with van der Waals surface area (Å²) in [5.41, 5.74) is 0.124. The maximum atomic E-state index is 10.9. The minimum absolute atomic E-state index is 0.166. The van der Waals surface area contributed by atoms with E-state index in [0.29, 0.717) is 18.7 Å². The highest BCUT2D eigenvalue weighted by Crippen LogP contribution is 2.33. The topological polar surface area (TPSA) is 99.0 Å². The number of nitrogens with one attached hydrogen (secondary N) is 1. The Morgan fingerprint density at radius 3 is 2.71 bits per heavy atom. The Kier molecular flexibility index (Phi) is 3.16. The van der Waals surface area contributed by atoms with Crippen LogP contribution in [0, 0.1) is 0 Å². The first-order valence-corrected chi connectivity index (χ1v) is 5.21. The van der Waals surface area contributed by atoms with Crippen LogP contribution in [0.2, 0.25) is 0 Å². The molecule has 1 fully saturated rings. The van der Waals surface area contributed by atoms with E-state index >= 15 is 0 Å². The number of hydrogen-bond acceptors (Lipinski definition) is 5. The van der Waals surface area contributed by atoms with Crippen molar-refractivity contribution < 1.29 is 24.9 Å². The first-order valence-electron chi connectivity index (χ1n) is 5.21. The van der Waals surface area contributed by atoms with Crippen LogP contribution in [0.15, 0.2) is 12.1 Å². The summed E-state index contributed by atoms with van der Waals surface area (Å²) < 4.78 is 5.42. The van der Waals surface area contributed by atoms with E-state index in [-0.39, 0.29) is 11.3 Å². The molecule has 0 aromatic heterocycles. The molecule has 1 aromatic rings. The van der Waals surface area contributed by atoms with Crippen molar-refractivity contribution in [1.29, 1.82) is 0 Å². The molecule has 1 unspecified atom stereocenters. The van der Waals surface area contributed by atoms with Crippen molar-refractivity contribution in [1.82, 2.24) is 5.32 Å². The van der Waals surface area contributed by atoms with Gasteiger partial charge in [-0.25, -0.2) is 4.79 Å². The fourth-order valence-corrected chi connectivity index (χ4v) is 1.79. The predicted octanol–water partition coefficient (Wildman–Crippen LogP) is 0.457. The molecule has 0 aliphatic carbocycles. The maximum Gasteiger partial charge on any atom is 0.339 e. The summed E-state index contributed by atoms with van der Waals surface area (Å²) in [6.45, 7) is 1.71. The largest absolute Gasteiger partial charge is 0.507 e. The minimum Gasteiger partial charge on any atom is -0.507 e. The number of benzene rings is 1. The molecule has 0 bridgehead atoms. The average Bonchev–Trinajstić information content (AvgIpc) is 2.29. The molecule has 2 rings (SSSR count). The molecule has 1 aromatic carbocycles. The Morgan fingerprint density at radius 1 is 1.35 bits per heavy atom. The van der Waals surface area contributed by atoms with E-state index in [1.807, 2.05) is 0 Å². The first-order chi connectivity index (χ1) is 8.09. The second kappa shape index (κ2) is 4.60. The number of carboxylic acids is 1. The van der Waals surface area contributed by atoms with Gasteiger partial charge >= 0.3 is 5.97 Å². The van der Waals surface area contributed by atoms with Gasteiger partial charge in [-0.3, -0.25) is 0 Å².